The second-order valence-corrected chi connectivity index (χ2v) is 11.1. The first-order chi connectivity index (χ1) is 19.7. The third-order valence-corrected chi connectivity index (χ3v) is 7.46. The summed E-state index contributed by atoms with van der Waals surface area (Å²) in [7, 11) is 0. The van der Waals surface area contributed by atoms with Crippen LogP contribution in [0.2, 0.25) is 0 Å². The van der Waals surface area contributed by atoms with Crippen LogP contribution in [0, 0.1) is 0 Å². The number of carbonyl (C=O) groups excluding carboxylic acids is 1. The summed E-state index contributed by atoms with van der Waals surface area (Å²) in [5, 5.41) is 0. The standard InChI is InChI=1S/C37H56O3/c1-3-5-7-8-9-10-11-12-13-14-15-16-17-18-19-20-31-39-35-27-25-34(26-28-35)37(38)29-24-33-22-21-23-36(32-33)40-30-6-4-2/h21-29,32H,3-20,30-31H2,1-2H3. The molecule has 0 heterocycles. The van der Waals surface area contributed by atoms with Crippen molar-refractivity contribution in [3.8, 4) is 11.5 Å². The van der Waals surface area contributed by atoms with Gasteiger partial charge in [0.25, 0.3) is 0 Å². The van der Waals surface area contributed by atoms with Gasteiger partial charge < -0.3 is 9.47 Å². The lowest BCUT2D eigenvalue weighted by Crippen LogP contribution is -1.99. The third kappa shape index (κ3) is 16.5. The Hall–Kier alpha value is -2.55. The van der Waals surface area contributed by atoms with Gasteiger partial charge in [0, 0.05) is 5.56 Å². The molecule has 0 aromatic heterocycles. The average Bonchev–Trinajstić information content (AvgIpc) is 2.98. The number of ketones is 1. The lowest BCUT2D eigenvalue weighted by atomic mass is 10.0. The van der Waals surface area contributed by atoms with Gasteiger partial charge in [0.15, 0.2) is 5.78 Å². The van der Waals surface area contributed by atoms with Crippen LogP contribution in [0.15, 0.2) is 54.6 Å². The molecule has 2 aromatic carbocycles. The zero-order chi connectivity index (χ0) is 28.5. The normalized spacial score (nSPS) is 11.2. The third-order valence-electron chi connectivity index (χ3n) is 7.46. The van der Waals surface area contributed by atoms with Crippen molar-refractivity contribution in [3.63, 3.8) is 0 Å². The smallest absolute Gasteiger partial charge is 0.185 e. The number of carbonyl (C=O) groups is 1. The van der Waals surface area contributed by atoms with Gasteiger partial charge in [-0.1, -0.05) is 135 Å². The summed E-state index contributed by atoms with van der Waals surface area (Å²) in [6.45, 7) is 5.89. The van der Waals surface area contributed by atoms with E-state index in [1.165, 1.54) is 96.3 Å². The van der Waals surface area contributed by atoms with Crippen LogP contribution in [0.4, 0.5) is 0 Å². The lowest BCUT2D eigenvalue weighted by Gasteiger charge is -2.07. The van der Waals surface area contributed by atoms with Crippen LogP contribution in [0.5, 0.6) is 11.5 Å². The van der Waals surface area contributed by atoms with Gasteiger partial charge in [-0.2, -0.15) is 0 Å². The predicted octanol–water partition coefficient (Wildman–Crippen LogP) is 11.4. The lowest BCUT2D eigenvalue weighted by molar-refractivity contribution is 0.104. The Labute approximate surface area is 245 Å². The van der Waals surface area contributed by atoms with Gasteiger partial charge in [-0.3, -0.25) is 4.79 Å². The van der Waals surface area contributed by atoms with Crippen molar-refractivity contribution in [3.05, 3.63) is 65.7 Å². The molecule has 3 heteroatoms. The fraction of sp³-hybridized carbons (Fsp3) is 0.595. The van der Waals surface area contributed by atoms with Crippen LogP contribution < -0.4 is 9.47 Å². The van der Waals surface area contributed by atoms with Gasteiger partial charge in [-0.15, -0.1) is 0 Å². The summed E-state index contributed by atoms with van der Waals surface area (Å²) in [4.78, 5) is 12.6. The molecule has 40 heavy (non-hydrogen) atoms. The van der Waals surface area contributed by atoms with Crippen LogP contribution >= 0.6 is 0 Å². The van der Waals surface area contributed by atoms with E-state index >= 15 is 0 Å². The fourth-order valence-electron chi connectivity index (χ4n) is 4.87. The molecule has 0 aliphatic carbocycles. The monoisotopic (exact) mass is 548 g/mol. The van der Waals surface area contributed by atoms with Crippen molar-refractivity contribution in [1.29, 1.82) is 0 Å². The van der Waals surface area contributed by atoms with Gasteiger partial charge in [0.05, 0.1) is 13.2 Å². The van der Waals surface area contributed by atoms with Crippen molar-refractivity contribution in [2.45, 2.75) is 129 Å². The van der Waals surface area contributed by atoms with E-state index in [4.69, 9.17) is 9.47 Å². The molecule has 0 saturated carbocycles. The maximum absolute atomic E-state index is 12.6. The second kappa shape index (κ2) is 23.2. The number of benzene rings is 2. The van der Waals surface area contributed by atoms with E-state index in [2.05, 4.69) is 13.8 Å². The quantitative estimate of drug-likeness (QED) is 0.0703. The van der Waals surface area contributed by atoms with Gasteiger partial charge >= 0.3 is 0 Å². The Bertz CT molecular complexity index is 915. The molecule has 0 amide bonds. The second-order valence-electron chi connectivity index (χ2n) is 11.1. The molecule has 222 valence electrons. The van der Waals surface area contributed by atoms with Crippen molar-refractivity contribution >= 4 is 11.9 Å². The van der Waals surface area contributed by atoms with Crippen LogP contribution in [-0.2, 0) is 0 Å². The zero-order valence-corrected chi connectivity index (χ0v) is 25.6. The molecule has 0 bridgehead atoms. The molecule has 0 N–H and O–H groups in total. The molecule has 2 rings (SSSR count). The van der Waals surface area contributed by atoms with E-state index in [-0.39, 0.29) is 5.78 Å². The molecule has 0 radical (unpaired) electrons. The molecular weight excluding hydrogens is 492 g/mol. The minimum atomic E-state index is -0.0124. The Morgan fingerprint density at radius 2 is 1.07 bits per heavy atom. The van der Waals surface area contributed by atoms with E-state index in [0.717, 1.165) is 49.5 Å². The Balaban J connectivity index is 1.48. The molecule has 0 unspecified atom stereocenters. The van der Waals surface area contributed by atoms with Crippen molar-refractivity contribution in [1.82, 2.24) is 0 Å². The molecule has 0 aliphatic rings. The van der Waals surface area contributed by atoms with Gasteiger partial charge in [-0.05, 0) is 60.9 Å². The first-order valence-electron chi connectivity index (χ1n) is 16.4. The van der Waals surface area contributed by atoms with E-state index in [1.54, 1.807) is 6.08 Å². The van der Waals surface area contributed by atoms with E-state index < -0.39 is 0 Å². The van der Waals surface area contributed by atoms with Crippen molar-refractivity contribution < 1.29 is 14.3 Å². The number of hydrogen-bond acceptors (Lipinski definition) is 3. The Morgan fingerprint density at radius 1 is 0.575 bits per heavy atom. The van der Waals surface area contributed by atoms with Crippen LogP contribution in [0.25, 0.3) is 6.08 Å². The molecular formula is C37H56O3. The largest absolute Gasteiger partial charge is 0.494 e. The number of unbranched alkanes of at least 4 members (excludes halogenated alkanes) is 16. The number of allylic oxidation sites excluding steroid dienone is 1. The Kier molecular flexibility index (Phi) is 19.5. The van der Waals surface area contributed by atoms with Crippen LogP contribution in [0.1, 0.15) is 145 Å². The predicted molar refractivity (Wildman–Crippen MR) is 172 cm³/mol. The highest BCUT2D eigenvalue weighted by Gasteiger charge is 2.03. The van der Waals surface area contributed by atoms with E-state index in [1.807, 2.05) is 54.6 Å². The molecule has 0 spiro atoms. The topological polar surface area (TPSA) is 35.5 Å². The average molecular weight is 549 g/mol. The highest BCUT2D eigenvalue weighted by atomic mass is 16.5. The minimum absolute atomic E-state index is 0.0124. The minimum Gasteiger partial charge on any atom is -0.494 e. The van der Waals surface area contributed by atoms with Crippen molar-refractivity contribution in [2.24, 2.45) is 0 Å². The van der Waals surface area contributed by atoms with E-state index in [9.17, 15) is 4.79 Å². The van der Waals surface area contributed by atoms with Crippen molar-refractivity contribution in [2.75, 3.05) is 13.2 Å². The van der Waals surface area contributed by atoms with Gasteiger partial charge in [-0.25, -0.2) is 0 Å². The van der Waals surface area contributed by atoms with Crippen LogP contribution in [-0.4, -0.2) is 19.0 Å². The highest BCUT2D eigenvalue weighted by molar-refractivity contribution is 6.06. The highest BCUT2D eigenvalue weighted by Crippen LogP contribution is 2.18. The first-order valence-corrected chi connectivity index (χ1v) is 16.4. The molecule has 0 aliphatic heterocycles. The van der Waals surface area contributed by atoms with Crippen LogP contribution in [0.3, 0.4) is 0 Å². The summed E-state index contributed by atoms with van der Waals surface area (Å²) in [6, 6.07) is 15.3. The number of ether oxygens (including phenoxy) is 2. The molecule has 2 aromatic rings. The zero-order valence-electron chi connectivity index (χ0n) is 25.6. The maximum atomic E-state index is 12.6. The summed E-state index contributed by atoms with van der Waals surface area (Å²) in [5.74, 6) is 1.66. The first kappa shape index (κ1) is 33.7. The van der Waals surface area contributed by atoms with Gasteiger partial charge in [0.2, 0.25) is 0 Å². The van der Waals surface area contributed by atoms with E-state index in [0.29, 0.717) is 5.56 Å². The number of hydrogen-bond donors (Lipinski definition) is 0. The molecule has 0 atom stereocenters. The Morgan fingerprint density at radius 3 is 1.65 bits per heavy atom. The number of rotatable bonds is 25. The molecule has 0 fully saturated rings. The maximum Gasteiger partial charge on any atom is 0.185 e. The summed E-state index contributed by atoms with van der Waals surface area (Å²) >= 11 is 0. The summed E-state index contributed by atoms with van der Waals surface area (Å²) < 4.78 is 11.7. The SMILES string of the molecule is CCCCCCCCCCCCCCCCCCOc1ccc(C(=O)C=Cc2cccc(OCCCC)c2)cc1. The summed E-state index contributed by atoms with van der Waals surface area (Å²) in [5.41, 5.74) is 1.63. The van der Waals surface area contributed by atoms with Gasteiger partial charge in [0.1, 0.15) is 11.5 Å². The molecule has 0 saturated heterocycles. The molecule has 3 nitrogen and oxygen atoms in total. The summed E-state index contributed by atoms with van der Waals surface area (Å²) in [6.07, 6.45) is 27.6. The fourth-order valence-corrected chi connectivity index (χ4v) is 4.87.